The lowest BCUT2D eigenvalue weighted by Gasteiger charge is -2.17. The first-order valence-corrected chi connectivity index (χ1v) is 7.63. The van der Waals surface area contributed by atoms with Gasteiger partial charge in [-0.05, 0) is 30.9 Å². The molecule has 108 valence electrons. The lowest BCUT2D eigenvalue weighted by atomic mass is 10.0. The van der Waals surface area contributed by atoms with E-state index in [2.05, 4.69) is 31.0 Å². The van der Waals surface area contributed by atoms with Crippen molar-refractivity contribution in [3.8, 4) is 11.4 Å². The van der Waals surface area contributed by atoms with Crippen molar-refractivity contribution in [3.05, 3.63) is 35.6 Å². The van der Waals surface area contributed by atoms with Gasteiger partial charge in [-0.15, -0.1) is 10.2 Å². The van der Waals surface area contributed by atoms with Crippen LogP contribution in [0.5, 0.6) is 0 Å². The van der Waals surface area contributed by atoms with Gasteiger partial charge < -0.3 is 0 Å². The van der Waals surface area contributed by atoms with Crippen LogP contribution < -0.4 is 0 Å². The molecule has 0 aliphatic heterocycles. The molecule has 0 fully saturated rings. The zero-order valence-electron chi connectivity index (χ0n) is 12.4. The fraction of sp³-hybridized carbons (Fsp3) is 0.500. The summed E-state index contributed by atoms with van der Waals surface area (Å²) >= 11 is 6.22. The Morgan fingerprint density at radius 3 is 2.40 bits per heavy atom. The molecule has 0 aliphatic rings. The molecule has 4 heteroatoms. The number of benzene rings is 1. The van der Waals surface area contributed by atoms with Crippen molar-refractivity contribution in [2.45, 2.75) is 46.1 Å². The van der Waals surface area contributed by atoms with Crippen molar-refractivity contribution in [3.63, 3.8) is 0 Å². The highest BCUT2D eigenvalue weighted by Gasteiger charge is 2.17. The molecule has 0 aliphatic carbocycles. The number of nitrogens with zero attached hydrogens (tertiary/aromatic N) is 3. The standard InChI is InChI=1S/C16H22ClN3/c1-12(2)8-7-9-13(3)20-15(18-19-16(20)17)14-10-5-4-6-11-14/h4-6,10-13H,7-9H2,1-3H3. The highest BCUT2D eigenvalue weighted by molar-refractivity contribution is 6.28. The number of halogens is 1. The molecule has 0 amide bonds. The van der Waals surface area contributed by atoms with Crippen molar-refractivity contribution in [2.75, 3.05) is 0 Å². The molecule has 1 aromatic carbocycles. The van der Waals surface area contributed by atoms with Gasteiger partial charge in [0.05, 0.1) is 0 Å². The van der Waals surface area contributed by atoms with Gasteiger partial charge in [0.2, 0.25) is 5.28 Å². The van der Waals surface area contributed by atoms with E-state index in [9.17, 15) is 0 Å². The smallest absolute Gasteiger partial charge is 0.225 e. The third-order valence-corrected chi connectivity index (χ3v) is 3.79. The molecular formula is C16H22ClN3. The number of aromatic nitrogens is 3. The van der Waals surface area contributed by atoms with Crippen LogP contribution in [0.25, 0.3) is 11.4 Å². The van der Waals surface area contributed by atoms with Crippen molar-refractivity contribution < 1.29 is 0 Å². The Morgan fingerprint density at radius 1 is 1.05 bits per heavy atom. The van der Waals surface area contributed by atoms with Crippen LogP contribution in [0.4, 0.5) is 0 Å². The zero-order valence-corrected chi connectivity index (χ0v) is 13.1. The van der Waals surface area contributed by atoms with Gasteiger partial charge in [0, 0.05) is 11.6 Å². The maximum Gasteiger partial charge on any atom is 0.225 e. The molecule has 0 bridgehead atoms. The Kier molecular flexibility index (Phi) is 5.18. The van der Waals surface area contributed by atoms with Crippen LogP contribution in [-0.2, 0) is 0 Å². The number of hydrogen-bond acceptors (Lipinski definition) is 2. The molecule has 1 heterocycles. The van der Waals surface area contributed by atoms with Gasteiger partial charge in [-0.3, -0.25) is 4.57 Å². The third-order valence-electron chi connectivity index (χ3n) is 3.53. The predicted octanol–water partition coefficient (Wildman–Crippen LogP) is 4.99. The average molecular weight is 292 g/mol. The van der Waals surface area contributed by atoms with Crippen molar-refractivity contribution >= 4 is 11.6 Å². The van der Waals surface area contributed by atoms with Crippen LogP contribution in [0.15, 0.2) is 30.3 Å². The summed E-state index contributed by atoms with van der Waals surface area (Å²) in [6.45, 7) is 6.69. The molecule has 20 heavy (non-hydrogen) atoms. The molecule has 0 radical (unpaired) electrons. The van der Waals surface area contributed by atoms with Gasteiger partial charge in [-0.25, -0.2) is 0 Å². The average Bonchev–Trinajstić information content (AvgIpc) is 2.81. The van der Waals surface area contributed by atoms with Gasteiger partial charge in [0.15, 0.2) is 5.82 Å². The SMILES string of the molecule is CC(C)CCCC(C)n1c(Cl)nnc1-c1ccccc1. The fourth-order valence-electron chi connectivity index (χ4n) is 2.40. The van der Waals surface area contributed by atoms with Gasteiger partial charge in [0.25, 0.3) is 0 Å². The monoisotopic (exact) mass is 291 g/mol. The van der Waals surface area contributed by atoms with E-state index in [1.807, 2.05) is 34.9 Å². The molecule has 0 spiro atoms. The van der Waals surface area contributed by atoms with E-state index in [0.717, 1.165) is 23.7 Å². The van der Waals surface area contributed by atoms with E-state index >= 15 is 0 Å². The first-order valence-electron chi connectivity index (χ1n) is 7.25. The minimum atomic E-state index is 0.312. The Labute approximate surface area is 126 Å². The highest BCUT2D eigenvalue weighted by atomic mass is 35.5. The lowest BCUT2D eigenvalue weighted by Crippen LogP contribution is -2.08. The molecule has 3 nitrogen and oxygen atoms in total. The van der Waals surface area contributed by atoms with Gasteiger partial charge in [-0.1, -0.05) is 57.0 Å². The van der Waals surface area contributed by atoms with E-state index < -0.39 is 0 Å². The van der Waals surface area contributed by atoms with Crippen LogP contribution in [-0.4, -0.2) is 14.8 Å². The van der Waals surface area contributed by atoms with Crippen LogP contribution in [0.1, 0.15) is 46.1 Å². The predicted molar refractivity (Wildman–Crippen MR) is 83.9 cm³/mol. The Hall–Kier alpha value is -1.35. The van der Waals surface area contributed by atoms with Gasteiger partial charge in [-0.2, -0.15) is 0 Å². The normalized spacial score (nSPS) is 12.8. The van der Waals surface area contributed by atoms with E-state index in [4.69, 9.17) is 11.6 Å². The van der Waals surface area contributed by atoms with Crippen molar-refractivity contribution in [1.82, 2.24) is 14.8 Å². The maximum atomic E-state index is 6.22. The molecule has 1 atom stereocenters. The summed E-state index contributed by atoms with van der Waals surface area (Å²) in [6, 6.07) is 10.4. The second kappa shape index (κ2) is 6.89. The summed E-state index contributed by atoms with van der Waals surface area (Å²) < 4.78 is 2.04. The summed E-state index contributed by atoms with van der Waals surface area (Å²) in [5.74, 6) is 1.60. The summed E-state index contributed by atoms with van der Waals surface area (Å²) in [4.78, 5) is 0. The molecule has 0 saturated heterocycles. The van der Waals surface area contributed by atoms with Gasteiger partial charge in [0.1, 0.15) is 0 Å². The zero-order chi connectivity index (χ0) is 14.5. The topological polar surface area (TPSA) is 30.7 Å². The van der Waals surface area contributed by atoms with Crippen molar-refractivity contribution in [1.29, 1.82) is 0 Å². The highest BCUT2D eigenvalue weighted by Crippen LogP contribution is 2.27. The lowest BCUT2D eigenvalue weighted by molar-refractivity contribution is 0.449. The molecule has 1 unspecified atom stereocenters. The largest absolute Gasteiger partial charge is 0.295 e. The Morgan fingerprint density at radius 2 is 1.75 bits per heavy atom. The van der Waals surface area contributed by atoms with Crippen LogP contribution in [0.2, 0.25) is 5.28 Å². The summed E-state index contributed by atoms with van der Waals surface area (Å²) in [6.07, 6.45) is 3.53. The summed E-state index contributed by atoms with van der Waals surface area (Å²) in [5.41, 5.74) is 1.06. The number of hydrogen-bond donors (Lipinski definition) is 0. The van der Waals surface area contributed by atoms with E-state index in [1.54, 1.807) is 0 Å². The van der Waals surface area contributed by atoms with Crippen LogP contribution >= 0.6 is 11.6 Å². The van der Waals surface area contributed by atoms with E-state index in [-0.39, 0.29) is 0 Å². The number of rotatable bonds is 6. The minimum absolute atomic E-state index is 0.312. The maximum absolute atomic E-state index is 6.22. The summed E-state index contributed by atoms with van der Waals surface area (Å²) in [7, 11) is 0. The first kappa shape index (κ1) is 15.0. The second-order valence-electron chi connectivity index (χ2n) is 5.70. The minimum Gasteiger partial charge on any atom is -0.295 e. The van der Waals surface area contributed by atoms with Crippen molar-refractivity contribution in [2.24, 2.45) is 5.92 Å². The Bertz CT molecular complexity index is 534. The van der Waals surface area contributed by atoms with Gasteiger partial charge >= 0.3 is 0 Å². The molecule has 2 aromatic rings. The summed E-state index contributed by atoms with van der Waals surface area (Å²) in [5, 5.41) is 8.74. The second-order valence-corrected chi connectivity index (χ2v) is 6.04. The van der Waals surface area contributed by atoms with Crippen LogP contribution in [0.3, 0.4) is 0 Å². The molecule has 0 saturated carbocycles. The molecule has 2 rings (SSSR count). The molecule has 1 aromatic heterocycles. The molecular weight excluding hydrogens is 270 g/mol. The molecule has 0 N–H and O–H groups in total. The van der Waals surface area contributed by atoms with E-state index in [1.165, 1.54) is 12.8 Å². The fourth-order valence-corrected chi connectivity index (χ4v) is 2.68. The van der Waals surface area contributed by atoms with Crippen LogP contribution in [0, 0.1) is 5.92 Å². The third kappa shape index (κ3) is 3.60. The first-order chi connectivity index (χ1) is 9.59. The quantitative estimate of drug-likeness (QED) is 0.751. The van der Waals surface area contributed by atoms with E-state index in [0.29, 0.717) is 11.3 Å². The Balaban J connectivity index is 2.17.